The molecule has 1 fully saturated rings. The van der Waals surface area contributed by atoms with Crippen LogP contribution in [0.15, 0.2) is 54.6 Å². The minimum absolute atomic E-state index is 0.00273. The number of benzene rings is 2. The molecule has 1 heterocycles. The van der Waals surface area contributed by atoms with E-state index < -0.39 is 0 Å². The molecule has 0 N–H and O–H groups in total. The number of amides is 2. The fraction of sp³-hybridized carbons (Fsp3) is 0.333. The van der Waals surface area contributed by atoms with Crippen LogP contribution in [0.4, 0.5) is 5.69 Å². The van der Waals surface area contributed by atoms with Gasteiger partial charge in [-0.3, -0.25) is 9.59 Å². The lowest BCUT2D eigenvalue weighted by Crippen LogP contribution is -2.35. The highest BCUT2D eigenvalue weighted by Crippen LogP contribution is 2.24. The number of hydrogen-bond donors (Lipinski definition) is 0. The van der Waals surface area contributed by atoms with Crippen molar-refractivity contribution in [3.8, 4) is 0 Å². The predicted octanol–water partition coefficient (Wildman–Crippen LogP) is 4.04. The first kappa shape index (κ1) is 17.2. The Morgan fingerprint density at radius 1 is 1.04 bits per heavy atom. The van der Waals surface area contributed by atoms with Crippen LogP contribution in [0.2, 0.25) is 0 Å². The Balaban J connectivity index is 1.73. The third kappa shape index (κ3) is 3.73. The van der Waals surface area contributed by atoms with Gasteiger partial charge in [-0.25, -0.2) is 0 Å². The topological polar surface area (TPSA) is 40.6 Å². The van der Waals surface area contributed by atoms with Gasteiger partial charge in [-0.2, -0.15) is 0 Å². The van der Waals surface area contributed by atoms with Crippen molar-refractivity contribution in [3.05, 3.63) is 65.7 Å². The molecule has 4 nitrogen and oxygen atoms in total. The van der Waals surface area contributed by atoms with E-state index in [2.05, 4.69) is 0 Å². The van der Waals surface area contributed by atoms with E-state index in [9.17, 15) is 9.59 Å². The Hall–Kier alpha value is -2.62. The third-order valence-electron chi connectivity index (χ3n) is 4.93. The van der Waals surface area contributed by atoms with E-state index in [1.54, 1.807) is 4.90 Å². The van der Waals surface area contributed by atoms with Gasteiger partial charge in [-0.05, 0) is 49.6 Å². The highest BCUT2D eigenvalue weighted by atomic mass is 16.2. The Morgan fingerprint density at radius 2 is 1.72 bits per heavy atom. The average Bonchev–Trinajstić information content (AvgIpc) is 2.67. The summed E-state index contributed by atoms with van der Waals surface area (Å²) in [6, 6.07) is 17.4. The summed E-state index contributed by atoms with van der Waals surface area (Å²) < 4.78 is 0. The van der Waals surface area contributed by atoms with Gasteiger partial charge in [0.15, 0.2) is 0 Å². The van der Waals surface area contributed by atoms with Crippen LogP contribution in [0.25, 0.3) is 0 Å². The maximum Gasteiger partial charge on any atom is 0.254 e. The van der Waals surface area contributed by atoms with Gasteiger partial charge in [-0.1, -0.05) is 30.3 Å². The molecule has 0 saturated carbocycles. The molecule has 1 aliphatic heterocycles. The molecule has 0 radical (unpaired) electrons. The van der Waals surface area contributed by atoms with Gasteiger partial charge in [-0.15, -0.1) is 0 Å². The van der Waals surface area contributed by atoms with Gasteiger partial charge in [0.2, 0.25) is 5.91 Å². The summed E-state index contributed by atoms with van der Waals surface area (Å²) in [7, 11) is 1.82. The van der Waals surface area contributed by atoms with Gasteiger partial charge < -0.3 is 9.80 Å². The van der Waals surface area contributed by atoms with Crippen molar-refractivity contribution < 1.29 is 9.59 Å². The van der Waals surface area contributed by atoms with Crippen molar-refractivity contribution in [1.82, 2.24) is 4.90 Å². The van der Waals surface area contributed by atoms with E-state index in [0.717, 1.165) is 30.6 Å². The standard InChI is InChI=1S/C21H24N2O2/c1-16(17-8-4-3-5-9-17)22(2)21(25)18-11-13-19(14-12-18)23-15-7-6-10-20(23)24/h3-5,8-9,11-14,16H,6-7,10,15H2,1-2H3/t16-/m1/s1. The predicted molar refractivity (Wildman–Crippen MR) is 99.6 cm³/mol. The zero-order valence-corrected chi connectivity index (χ0v) is 14.8. The molecule has 1 saturated heterocycles. The molecule has 2 amide bonds. The third-order valence-corrected chi connectivity index (χ3v) is 4.93. The van der Waals surface area contributed by atoms with Crippen molar-refractivity contribution in [2.24, 2.45) is 0 Å². The Morgan fingerprint density at radius 3 is 2.36 bits per heavy atom. The lowest BCUT2D eigenvalue weighted by molar-refractivity contribution is -0.119. The molecule has 2 aromatic rings. The Kier molecular flexibility index (Phi) is 5.17. The molecular weight excluding hydrogens is 312 g/mol. The summed E-state index contributed by atoms with van der Waals surface area (Å²) >= 11 is 0. The van der Waals surface area contributed by atoms with E-state index in [-0.39, 0.29) is 17.9 Å². The van der Waals surface area contributed by atoms with Gasteiger partial charge >= 0.3 is 0 Å². The van der Waals surface area contributed by atoms with E-state index in [4.69, 9.17) is 0 Å². The van der Waals surface area contributed by atoms with Crippen molar-refractivity contribution in [2.75, 3.05) is 18.5 Å². The van der Waals surface area contributed by atoms with Crippen LogP contribution in [-0.4, -0.2) is 30.3 Å². The molecule has 0 aliphatic carbocycles. The lowest BCUT2D eigenvalue weighted by atomic mass is 10.1. The molecule has 0 aromatic heterocycles. The van der Waals surface area contributed by atoms with Crippen LogP contribution in [0.3, 0.4) is 0 Å². The fourth-order valence-corrected chi connectivity index (χ4v) is 3.20. The number of hydrogen-bond acceptors (Lipinski definition) is 2. The molecule has 4 heteroatoms. The van der Waals surface area contributed by atoms with Crippen LogP contribution in [0.5, 0.6) is 0 Å². The van der Waals surface area contributed by atoms with Crippen molar-refractivity contribution >= 4 is 17.5 Å². The summed E-state index contributed by atoms with van der Waals surface area (Å²) in [5, 5.41) is 0. The highest BCUT2D eigenvalue weighted by Gasteiger charge is 2.21. The van der Waals surface area contributed by atoms with E-state index >= 15 is 0 Å². The van der Waals surface area contributed by atoms with Gasteiger partial charge in [0, 0.05) is 31.3 Å². The number of carbonyl (C=O) groups is 2. The minimum Gasteiger partial charge on any atom is -0.335 e. The van der Waals surface area contributed by atoms with Crippen molar-refractivity contribution in [2.45, 2.75) is 32.2 Å². The molecular formula is C21H24N2O2. The molecule has 3 rings (SSSR count). The Bertz CT molecular complexity index is 740. The fourth-order valence-electron chi connectivity index (χ4n) is 3.20. The van der Waals surface area contributed by atoms with E-state index in [1.807, 2.05) is 73.5 Å². The van der Waals surface area contributed by atoms with Crippen LogP contribution < -0.4 is 4.90 Å². The second-order valence-corrected chi connectivity index (χ2v) is 6.55. The molecule has 130 valence electrons. The van der Waals surface area contributed by atoms with Gasteiger partial charge in [0.25, 0.3) is 5.91 Å². The number of rotatable bonds is 4. The van der Waals surface area contributed by atoms with Crippen LogP contribution in [0.1, 0.15) is 48.1 Å². The molecule has 1 atom stereocenters. The number of anilines is 1. The summed E-state index contributed by atoms with van der Waals surface area (Å²) in [6.45, 7) is 2.78. The van der Waals surface area contributed by atoms with Gasteiger partial charge in [0.05, 0.1) is 6.04 Å². The maximum atomic E-state index is 12.8. The van der Waals surface area contributed by atoms with E-state index in [0.29, 0.717) is 12.0 Å². The zero-order chi connectivity index (χ0) is 17.8. The highest BCUT2D eigenvalue weighted by molar-refractivity contribution is 5.97. The second kappa shape index (κ2) is 7.51. The zero-order valence-electron chi connectivity index (χ0n) is 14.8. The molecule has 0 bridgehead atoms. The first-order chi connectivity index (χ1) is 12.1. The summed E-state index contributed by atoms with van der Waals surface area (Å²) in [5.41, 5.74) is 2.62. The summed E-state index contributed by atoms with van der Waals surface area (Å²) in [6.07, 6.45) is 2.61. The SMILES string of the molecule is C[C@H](c1ccccc1)N(C)C(=O)c1ccc(N2CCCCC2=O)cc1. The number of piperidine rings is 1. The Labute approximate surface area is 149 Å². The molecule has 2 aromatic carbocycles. The first-order valence-electron chi connectivity index (χ1n) is 8.80. The van der Waals surface area contributed by atoms with Crippen LogP contribution in [-0.2, 0) is 4.79 Å². The largest absolute Gasteiger partial charge is 0.335 e. The molecule has 0 spiro atoms. The average molecular weight is 336 g/mol. The second-order valence-electron chi connectivity index (χ2n) is 6.55. The monoisotopic (exact) mass is 336 g/mol. The van der Waals surface area contributed by atoms with Gasteiger partial charge in [0.1, 0.15) is 0 Å². The first-order valence-corrected chi connectivity index (χ1v) is 8.80. The smallest absolute Gasteiger partial charge is 0.254 e. The van der Waals surface area contributed by atoms with Crippen LogP contribution >= 0.6 is 0 Å². The normalized spacial score (nSPS) is 15.8. The summed E-state index contributed by atoms with van der Waals surface area (Å²) in [4.78, 5) is 28.3. The van der Waals surface area contributed by atoms with Crippen molar-refractivity contribution in [1.29, 1.82) is 0 Å². The molecule has 1 aliphatic rings. The summed E-state index contributed by atoms with van der Waals surface area (Å²) in [5.74, 6) is 0.146. The molecule has 0 unspecified atom stereocenters. The number of carbonyl (C=O) groups excluding carboxylic acids is 2. The maximum absolute atomic E-state index is 12.8. The lowest BCUT2D eigenvalue weighted by Gasteiger charge is -2.28. The number of nitrogens with zero attached hydrogens (tertiary/aromatic N) is 2. The molecule has 25 heavy (non-hydrogen) atoms. The van der Waals surface area contributed by atoms with Crippen molar-refractivity contribution in [3.63, 3.8) is 0 Å². The van der Waals surface area contributed by atoms with E-state index in [1.165, 1.54) is 0 Å². The minimum atomic E-state index is -0.0205. The van der Waals surface area contributed by atoms with Crippen LogP contribution in [0, 0.1) is 0 Å². The quantitative estimate of drug-likeness (QED) is 0.845.